The van der Waals surface area contributed by atoms with Gasteiger partial charge in [-0.1, -0.05) is 12.2 Å². The second kappa shape index (κ2) is 6.51. The molecule has 0 aliphatic rings. The van der Waals surface area contributed by atoms with Crippen LogP contribution in [0.3, 0.4) is 0 Å². The van der Waals surface area contributed by atoms with Gasteiger partial charge >= 0.3 is 0 Å². The number of benzene rings is 1. The average Bonchev–Trinajstić information content (AvgIpc) is 2.33. The number of rotatable bonds is 5. The van der Waals surface area contributed by atoms with Crippen LogP contribution in [0.4, 0.5) is 5.69 Å². The summed E-state index contributed by atoms with van der Waals surface area (Å²) in [5.41, 5.74) is 0.896. The quantitative estimate of drug-likeness (QED) is 0.607. The number of carbonyl (C=O) groups excluding carboxylic acids is 1. The highest BCUT2D eigenvalue weighted by molar-refractivity contribution is 5.73. The number of nitro benzene ring substituents is 1. The van der Waals surface area contributed by atoms with E-state index in [0.717, 1.165) is 5.56 Å². The fraction of sp³-hybridized carbons (Fsp3) is 0.250. The maximum absolute atomic E-state index is 10.7. The zero-order valence-corrected chi connectivity index (χ0v) is 9.92. The van der Waals surface area contributed by atoms with E-state index >= 15 is 0 Å². The number of aliphatic hydroxyl groups excluding tert-OH is 1. The van der Waals surface area contributed by atoms with Crippen molar-refractivity contribution in [1.82, 2.24) is 5.32 Å². The third kappa shape index (κ3) is 3.99. The molecule has 6 heteroatoms. The van der Waals surface area contributed by atoms with Crippen molar-refractivity contribution in [3.05, 3.63) is 45.5 Å². The molecule has 0 unspecified atom stereocenters. The monoisotopic (exact) mass is 250 g/mol. The van der Waals surface area contributed by atoms with E-state index in [-0.39, 0.29) is 23.8 Å². The molecule has 0 fully saturated rings. The first kappa shape index (κ1) is 13.9. The Morgan fingerprint density at radius 2 is 2.28 bits per heavy atom. The lowest BCUT2D eigenvalue weighted by atomic mass is 10.1. The van der Waals surface area contributed by atoms with Gasteiger partial charge in [0, 0.05) is 19.5 Å². The second-order valence-electron chi connectivity index (χ2n) is 3.64. The number of nitrogens with one attached hydrogen (secondary N) is 1. The van der Waals surface area contributed by atoms with Gasteiger partial charge in [0.2, 0.25) is 5.91 Å². The van der Waals surface area contributed by atoms with Crippen molar-refractivity contribution in [2.45, 2.75) is 13.5 Å². The van der Waals surface area contributed by atoms with Crippen LogP contribution in [0, 0.1) is 10.1 Å². The van der Waals surface area contributed by atoms with Crippen LogP contribution in [-0.2, 0) is 11.4 Å². The summed E-state index contributed by atoms with van der Waals surface area (Å²) in [5, 5.41) is 22.3. The Bertz CT molecular complexity index is 483. The molecule has 0 aliphatic heterocycles. The second-order valence-corrected chi connectivity index (χ2v) is 3.64. The van der Waals surface area contributed by atoms with Crippen LogP contribution in [0.15, 0.2) is 24.3 Å². The molecule has 0 saturated heterocycles. The molecule has 2 N–H and O–H groups in total. The fourth-order valence-corrected chi connectivity index (χ4v) is 1.41. The minimum Gasteiger partial charge on any atom is -0.391 e. The number of hydrogen-bond donors (Lipinski definition) is 2. The molecule has 1 rings (SSSR count). The molecule has 96 valence electrons. The smallest absolute Gasteiger partial charge is 0.274 e. The average molecular weight is 250 g/mol. The topological polar surface area (TPSA) is 92.5 Å². The van der Waals surface area contributed by atoms with Crippen molar-refractivity contribution >= 4 is 17.7 Å². The molecule has 1 aromatic rings. The van der Waals surface area contributed by atoms with Gasteiger partial charge in [0.05, 0.1) is 17.1 Å². The van der Waals surface area contributed by atoms with Gasteiger partial charge in [0.15, 0.2) is 0 Å². The predicted octanol–water partition coefficient (Wildman–Crippen LogP) is 1.24. The third-order valence-corrected chi connectivity index (χ3v) is 2.25. The maximum atomic E-state index is 10.7. The number of aliphatic hydroxyl groups is 1. The highest BCUT2D eigenvalue weighted by Gasteiger charge is 2.12. The summed E-state index contributed by atoms with van der Waals surface area (Å²) >= 11 is 0. The van der Waals surface area contributed by atoms with Crippen LogP contribution in [0.1, 0.15) is 18.1 Å². The van der Waals surface area contributed by atoms with Crippen molar-refractivity contribution in [1.29, 1.82) is 0 Å². The van der Waals surface area contributed by atoms with Crippen molar-refractivity contribution in [2.24, 2.45) is 0 Å². The first-order valence-corrected chi connectivity index (χ1v) is 5.33. The van der Waals surface area contributed by atoms with Gasteiger partial charge in [0.1, 0.15) is 0 Å². The van der Waals surface area contributed by atoms with Crippen molar-refractivity contribution in [3.63, 3.8) is 0 Å². The molecule has 18 heavy (non-hydrogen) atoms. The fourth-order valence-electron chi connectivity index (χ4n) is 1.41. The Kier molecular flexibility index (Phi) is 5.01. The normalized spacial score (nSPS) is 10.6. The van der Waals surface area contributed by atoms with E-state index in [1.807, 2.05) is 0 Å². The molecular formula is C12H14N2O4. The Labute approximate surface area is 104 Å². The first-order chi connectivity index (χ1) is 8.54. The number of carbonyl (C=O) groups is 1. The molecule has 0 spiro atoms. The van der Waals surface area contributed by atoms with Crippen molar-refractivity contribution in [3.8, 4) is 0 Å². The Hall–Kier alpha value is -2.21. The predicted molar refractivity (Wildman–Crippen MR) is 66.7 cm³/mol. The summed E-state index contributed by atoms with van der Waals surface area (Å²) in [4.78, 5) is 20.7. The van der Waals surface area contributed by atoms with Gasteiger partial charge < -0.3 is 10.4 Å². The minimum atomic E-state index is -0.531. The summed E-state index contributed by atoms with van der Waals surface area (Å²) in [6, 6.07) is 4.48. The van der Waals surface area contributed by atoms with E-state index in [1.165, 1.54) is 13.0 Å². The Morgan fingerprint density at radius 1 is 1.56 bits per heavy atom. The zero-order chi connectivity index (χ0) is 13.5. The molecule has 0 saturated carbocycles. The van der Waals surface area contributed by atoms with Crippen LogP contribution < -0.4 is 5.32 Å². The van der Waals surface area contributed by atoms with Crippen LogP contribution in [-0.4, -0.2) is 22.5 Å². The Balaban J connectivity index is 2.79. The van der Waals surface area contributed by atoms with E-state index < -0.39 is 4.92 Å². The summed E-state index contributed by atoms with van der Waals surface area (Å²) in [7, 11) is 0. The molecule has 0 radical (unpaired) electrons. The van der Waals surface area contributed by atoms with Crippen LogP contribution in [0.5, 0.6) is 0 Å². The van der Waals surface area contributed by atoms with Crippen molar-refractivity contribution < 1.29 is 14.8 Å². The van der Waals surface area contributed by atoms with Gasteiger partial charge in [-0.25, -0.2) is 0 Å². The van der Waals surface area contributed by atoms with Gasteiger partial charge in [-0.3, -0.25) is 14.9 Å². The number of amides is 1. The highest BCUT2D eigenvalue weighted by atomic mass is 16.6. The molecular weight excluding hydrogens is 236 g/mol. The summed E-state index contributed by atoms with van der Waals surface area (Å²) in [5.74, 6) is -0.126. The standard InChI is InChI=1S/C12H14N2O4/c1-9(16)13-6-2-3-10-4-5-12(14(17)18)11(7-10)8-15/h2-5,7,15H,6,8H2,1H3,(H,13,16). The highest BCUT2D eigenvalue weighted by Crippen LogP contribution is 2.20. The molecule has 1 amide bonds. The minimum absolute atomic E-state index is 0.100. The van der Waals surface area contributed by atoms with Crippen LogP contribution >= 0.6 is 0 Å². The summed E-state index contributed by atoms with van der Waals surface area (Å²) in [6.07, 6.45) is 3.45. The lowest BCUT2D eigenvalue weighted by Crippen LogP contribution is -2.19. The summed E-state index contributed by atoms with van der Waals surface area (Å²) < 4.78 is 0. The largest absolute Gasteiger partial charge is 0.391 e. The van der Waals surface area contributed by atoms with Gasteiger partial charge in [-0.2, -0.15) is 0 Å². The molecule has 1 aromatic carbocycles. The summed E-state index contributed by atoms with van der Waals surface area (Å²) in [6.45, 7) is 1.42. The lowest BCUT2D eigenvalue weighted by Gasteiger charge is -2.01. The zero-order valence-electron chi connectivity index (χ0n) is 9.92. The number of hydrogen-bond acceptors (Lipinski definition) is 4. The molecule has 0 heterocycles. The van der Waals surface area contributed by atoms with E-state index in [4.69, 9.17) is 5.11 Å². The molecule has 6 nitrogen and oxygen atoms in total. The van der Waals surface area contributed by atoms with Crippen LogP contribution in [0.25, 0.3) is 6.08 Å². The van der Waals surface area contributed by atoms with Gasteiger partial charge in [0.25, 0.3) is 5.69 Å². The van der Waals surface area contributed by atoms with E-state index in [1.54, 1.807) is 24.3 Å². The lowest BCUT2D eigenvalue weighted by molar-refractivity contribution is -0.385. The third-order valence-electron chi connectivity index (χ3n) is 2.25. The molecule has 0 aliphatic carbocycles. The Morgan fingerprint density at radius 3 is 2.83 bits per heavy atom. The van der Waals surface area contributed by atoms with E-state index in [2.05, 4.69) is 5.32 Å². The van der Waals surface area contributed by atoms with E-state index in [9.17, 15) is 14.9 Å². The SMILES string of the molecule is CC(=O)NCC=Cc1ccc([N+](=O)[O-])c(CO)c1. The van der Waals surface area contributed by atoms with Crippen molar-refractivity contribution in [2.75, 3.05) is 6.54 Å². The number of nitro groups is 1. The van der Waals surface area contributed by atoms with E-state index in [0.29, 0.717) is 6.54 Å². The molecule has 0 bridgehead atoms. The first-order valence-electron chi connectivity index (χ1n) is 5.33. The molecule has 0 atom stereocenters. The van der Waals surface area contributed by atoms with Gasteiger partial charge in [-0.15, -0.1) is 0 Å². The number of nitrogens with zero attached hydrogens (tertiary/aromatic N) is 1. The van der Waals surface area contributed by atoms with Gasteiger partial charge in [-0.05, 0) is 17.7 Å². The maximum Gasteiger partial charge on any atom is 0.274 e. The molecule has 0 aromatic heterocycles. The van der Waals surface area contributed by atoms with Crippen LogP contribution in [0.2, 0.25) is 0 Å².